The van der Waals surface area contributed by atoms with Crippen molar-refractivity contribution in [2.24, 2.45) is 5.73 Å². The van der Waals surface area contributed by atoms with Gasteiger partial charge in [0.2, 0.25) is 5.91 Å². The van der Waals surface area contributed by atoms with E-state index >= 15 is 0 Å². The summed E-state index contributed by atoms with van der Waals surface area (Å²) in [6.45, 7) is 5.09. The van der Waals surface area contributed by atoms with Gasteiger partial charge in [-0.3, -0.25) is 9.69 Å². The molecule has 15 heavy (non-hydrogen) atoms. The van der Waals surface area contributed by atoms with Crippen molar-refractivity contribution in [2.75, 3.05) is 33.2 Å². The quantitative estimate of drug-likeness (QED) is 0.661. The van der Waals surface area contributed by atoms with Crippen LogP contribution in [0.5, 0.6) is 0 Å². The molecule has 0 saturated heterocycles. The third kappa shape index (κ3) is 4.18. The van der Waals surface area contributed by atoms with Crippen LogP contribution in [0, 0.1) is 0 Å². The molecular formula is C11H23N3O. The van der Waals surface area contributed by atoms with Crippen LogP contribution in [0.4, 0.5) is 0 Å². The first-order valence-electron chi connectivity index (χ1n) is 5.87. The van der Waals surface area contributed by atoms with E-state index < -0.39 is 0 Å². The maximum absolute atomic E-state index is 11.8. The predicted octanol–water partition coefficient (Wildman–Crippen LogP) is 0.278. The van der Waals surface area contributed by atoms with Crippen LogP contribution in [0.2, 0.25) is 0 Å². The van der Waals surface area contributed by atoms with Crippen LogP contribution in [0.15, 0.2) is 0 Å². The summed E-state index contributed by atoms with van der Waals surface area (Å²) in [5, 5.41) is 0. The fourth-order valence-corrected chi connectivity index (χ4v) is 1.69. The molecule has 0 radical (unpaired) electrons. The molecule has 0 aliphatic heterocycles. The molecule has 2 N–H and O–H groups in total. The van der Waals surface area contributed by atoms with Crippen LogP contribution in [-0.2, 0) is 4.79 Å². The van der Waals surface area contributed by atoms with E-state index in [1.165, 1.54) is 12.8 Å². The number of carbonyl (C=O) groups is 1. The predicted molar refractivity (Wildman–Crippen MR) is 61.6 cm³/mol. The number of amides is 1. The van der Waals surface area contributed by atoms with Crippen LogP contribution < -0.4 is 5.73 Å². The van der Waals surface area contributed by atoms with E-state index in [1.54, 1.807) is 4.90 Å². The van der Waals surface area contributed by atoms with Crippen molar-refractivity contribution in [2.45, 2.75) is 32.2 Å². The molecule has 1 fully saturated rings. The molecular weight excluding hydrogens is 190 g/mol. The summed E-state index contributed by atoms with van der Waals surface area (Å²) in [7, 11) is 1.86. The minimum Gasteiger partial charge on any atom is -0.345 e. The Bertz CT molecular complexity index is 204. The number of nitrogens with two attached hydrogens (primary N) is 1. The highest BCUT2D eigenvalue weighted by molar-refractivity contribution is 5.78. The number of hydrogen-bond donors (Lipinski definition) is 1. The van der Waals surface area contributed by atoms with E-state index in [1.807, 2.05) is 7.05 Å². The highest BCUT2D eigenvalue weighted by Gasteiger charge is 2.29. The van der Waals surface area contributed by atoms with Crippen molar-refractivity contribution in [3.05, 3.63) is 0 Å². The molecule has 4 heteroatoms. The summed E-state index contributed by atoms with van der Waals surface area (Å²) in [6, 6.07) is 0.668. The fraction of sp³-hybridized carbons (Fsp3) is 0.909. The molecule has 1 amide bonds. The Morgan fingerprint density at radius 3 is 2.60 bits per heavy atom. The average Bonchev–Trinajstić information content (AvgIpc) is 3.05. The molecule has 0 aromatic heterocycles. The second kappa shape index (κ2) is 6.08. The molecule has 0 atom stereocenters. The molecule has 4 nitrogen and oxygen atoms in total. The van der Waals surface area contributed by atoms with Crippen molar-refractivity contribution in [1.29, 1.82) is 0 Å². The lowest BCUT2D eigenvalue weighted by Crippen LogP contribution is -2.40. The van der Waals surface area contributed by atoms with Gasteiger partial charge in [-0.25, -0.2) is 0 Å². The molecule has 1 saturated carbocycles. The zero-order chi connectivity index (χ0) is 11.3. The van der Waals surface area contributed by atoms with Crippen molar-refractivity contribution >= 4 is 5.91 Å². The van der Waals surface area contributed by atoms with Gasteiger partial charge in [0.05, 0.1) is 6.54 Å². The first-order valence-corrected chi connectivity index (χ1v) is 5.87. The Kier molecular flexibility index (Phi) is 5.05. The normalized spacial score (nSPS) is 15.7. The number of likely N-dealkylation sites (N-methyl/N-ethyl adjacent to an activating group) is 2. The number of rotatable bonds is 7. The summed E-state index contributed by atoms with van der Waals surface area (Å²) in [6.07, 6.45) is 3.40. The van der Waals surface area contributed by atoms with E-state index in [0.29, 0.717) is 19.1 Å². The molecule has 1 rings (SSSR count). The van der Waals surface area contributed by atoms with Gasteiger partial charge in [0.25, 0.3) is 0 Å². The highest BCUT2D eigenvalue weighted by Crippen LogP contribution is 2.26. The topological polar surface area (TPSA) is 49.6 Å². The van der Waals surface area contributed by atoms with Gasteiger partial charge in [-0.2, -0.15) is 0 Å². The summed E-state index contributed by atoms with van der Waals surface area (Å²) >= 11 is 0. The molecule has 0 heterocycles. The maximum atomic E-state index is 11.8. The number of nitrogens with zero attached hydrogens (tertiary/aromatic N) is 2. The lowest BCUT2D eigenvalue weighted by Gasteiger charge is -2.23. The first kappa shape index (κ1) is 12.5. The summed E-state index contributed by atoms with van der Waals surface area (Å²) in [4.78, 5) is 15.8. The van der Waals surface area contributed by atoms with E-state index in [4.69, 9.17) is 5.73 Å². The van der Waals surface area contributed by atoms with Gasteiger partial charge in [-0.05, 0) is 32.4 Å². The Morgan fingerprint density at radius 1 is 1.47 bits per heavy atom. The zero-order valence-electron chi connectivity index (χ0n) is 9.91. The largest absolute Gasteiger partial charge is 0.345 e. The third-order valence-corrected chi connectivity index (χ3v) is 2.93. The SMILES string of the molecule is CCN(CC(=O)N(C)CCCN)C1CC1. The van der Waals surface area contributed by atoms with Gasteiger partial charge in [-0.15, -0.1) is 0 Å². The van der Waals surface area contributed by atoms with Crippen molar-refractivity contribution < 1.29 is 4.79 Å². The minimum absolute atomic E-state index is 0.220. The molecule has 0 bridgehead atoms. The van der Waals surface area contributed by atoms with Crippen molar-refractivity contribution in [1.82, 2.24) is 9.80 Å². The van der Waals surface area contributed by atoms with E-state index in [0.717, 1.165) is 19.5 Å². The molecule has 0 aromatic carbocycles. The molecule has 1 aliphatic rings. The van der Waals surface area contributed by atoms with Crippen LogP contribution in [-0.4, -0.2) is 55.0 Å². The Balaban J connectivity index is 2.25. The van der Waals surface area contributed by atoms with Gasteiger partial charge in [0.15, 0.2) is 0 Å². The fourth-order valence-electron chi connectivity index (χ4n) is 1.69. The number of hydrogen-bond acceptors (Lipinski definition) is 3. The summed E-state index contributed by atoms with van der Waals surface area (Å²) < 4.78 is 0. The summed E-state index contributed by atoms with van der Waals surface area (Å²) in [5.41, 5.74) is 5.41. The lowest BCUT2D eigenvalue weighted by atomic mass is 10.3. The molecule has 1 aliphatic carbocycles. The van der Waals surface area contributed by atoms with E-state index in [-0.39, 0.29) is 5.91 Å². The average molecular weight is 213 g/mol. The molecule has 88 valence electrons. The third-order valence-electron chi connectivity index (χ3n) is 2.93. The minimum atomic E-state index is 0.220. The van der Waals surface area contributed by atoms with Gasteiger partial charge < -0.3 is 10.6 Å². The monoisotopic (exact) mass is 213 g/mol. The Morgan fingerprint density at radius 2 is 2.13 bits per heavy atom. The van der Waals surface area contributed by atoms with Crippen molar-refractivity contribution in [3.63, 3.8) is 0 Å². The van der Waals surface area contributed by atoms with Crippen LogP contribution in [0.25, 0.3) is 0 Å². The van der Waals surface area contributed by atoms with Crippen LogP contribution in [0.3, 0.4) is 0 Å². The van der Waals surface area contributed by atoms with E-state index in [2.05, 4.69) is 11.8 Å². The molecule has 0 unspecified atom stereocenters. The second-order valence-corrected chi connectivity index (χ2v) is 4.25. The molecule has 0 aromatic rings. The number of carbonyl (C=O) groups excluding carboxylic acids is 1. The second-order valence-electron chi connectivity index (χ2n) is 4.25. The highest BCUT2D eigenvalue weighted by atomic mass is 16.2. The molecule has 0 spiro atoms. The van der Waals surface area contributed by atoms with E-state index in [9.17, 15) is 4.79 Å². The van der Waals surface area contributed by atoms with Gasteiger partial charge in [-0.1, -0.05) is 6.92 Å². The first-order chi connectivity index (χ1) is 7.19. The van der Waals surface area contributed by atoms with Crippen LogP contribution >= 0.6 is 0 Å². The Hall–Kier alpha value is -0.610. The van der Waals surface area contributed by atoms with Gasteiger partial charge >= 0.3 is 0 Å². The smallest absolute Gasteiger partial charge is 0.236 e. The zero-order valence-corrected chi connectivity index (χ0v) is 9.91. The summed E-state index contributed by atoms with van der Waals surface area (Å²) in [5.74, 6) is 0.220. The Labute approximate surface area is 92.4 Å². The van der Waals surface area contributed by atoms with Gasteiger partial charge in [0.1, 0.15) is 0 Å². The van der Waals surface area contributed by atoms with Crippen LogP contribution in [0.1, 0.15) is 26.2 Å². The van der Waals surface area contributed by atoms with Crippen molar-refractivity contribution in [3.8, 4) is 0 Å². The van der Waals surface area contributed by atoms with Gasteiger partial charge in [0, 0.05) is 19.6 Å². The standard InChI is InChI=1S/C11H23N3O/c1-3-14(10-5-6-10)9-11(15)13(2)8-4-7-12/h10H,3-9,12H2,1-2H3. The lowest BCUT2D eigenvalue weighted by molar-refractivity contribution is -0.131. The maximum Gasteiger partial charge on any atom is 0.236 e.